The van der Waals surface area contributed by atoms with E-state index in [0.717, 1.165) is 17.0 Å². The average molecular weight is 410 g/mol. The van der Waals surface area contributed by atoms with Gasteiger partial charge in [0.15, 0.2) is 0 Å². The van der Waals surface area contributed by atoms with Crippen LogP contribution in [0.1, 0.15) is 11.3 Å². The van der Waals surface area contributed by atoms with Crippen molar-refractivity contribution in [1.29, 1.82) is 10.8 Å². The number of pyridine rings is 1. The molecule has 1 aromatic carbocycles. The molecule has 2 heterocycles. The highest BCUT2D eigenvalue weighted by Crippen LogP contribution is 2.39. The van der Waals surface area contributed by atoms with Gasteiger partial charge in [0.1, 0.15) is 11.6 Å². The lowest BCUT2D eigenvalue weighted by molar-refractivity contribution is -0.137. The fraction of sp³-hybridized carbons (Fsp3) is 0.167. The summed E-state index contributed by atoms with van der Waals surface area (Å²) in [4.78, 5) is 4.99. The molecule has 0 amide bonds. The molecule has 0 saturated carbocycles. The monoisotopic (exact) mass is 409 g/mol. The zero-order valence-electron chi connectivity index (χ0n) is 14.5. The number of halogens is 4. The van der Waals surface area contributed by atoms with Gasteiger partial charge in [-0.05, 0) is 48.9 Å². The van der Waals surface area contributed by atoms with Crippen molar-refractivity contribution in [3.8, 4) is 16.9 Å². The minimum atomic E-state index is -4.60. The first-order chi connectivity index (χ1) is 13.0. The molecule has 4 N–H and O–H groups in total. The normalized spacial score (nSPS) is 19.2. The van der Waals surface area contributed by atoms with Crippen LogP contribution in [0.25, 0.3) is 11.1 Å². The van der Waals surface area contributed by atoms with E-state index in [4.69, 9.17) is 32.9 Å². The molecule has 2 aromatic rings. The van der Waals surface area contributed by atoms with Crippen LogP contribution in [0.4, 0.5) is 13.2 Å². The van der Waals surface area contributed by atoms with E-state index in [0.29, 0.717) is 16.8 Å². The fourth-order valence-electron chi connectivity index (χ4n) is 2.83. The zero-order valence-corrected chi connectivity index (χ0v) is 15.3. The quantitative estimate of drug-likeness (QED) is 0.308. The second kappa shape index (κ2) is 6.92. The number of aromatic nitrogens is 1. The summed E-state index contributed by atoms with van der Waals surface area (Å²) in [5.41, 5.74) is 6.66. The standard InChI is InChI=1S/C18H15ClF3N5O/c1-10-12(3-2-8-26-10)13-5-4-11(18(20,21)22)9-14(13)28-17(25)7-6-15(23)27(17)16(19)24/h2-9,23-24H,25H2,1H3/t17-/m1/s1. The number of amidine groups is 2. The van der Waals surface area contributed by atoms with E-state index in [1.54, 1.807) is 25.3 Å². The Hall–Kier alpha value is -2.91. The van der Waals surface area contributed by atoms with E-state index < -0.39 is 22.9 Å². The number of hydrogen-bond donors (Lipinski definition) is 3. The molecule has 3 rings (SSSR count). The van der Waals surface area contributed by atoms with Gasteiger partial charge >= 0.3 is 6.18 Å². The molecule has 6 nitrogen and oxygen atoms in total. The van der Waals surface area contributed by atoms with Gasteiger partial charge in [-0.15, -0.1) is 0 Å². The molecule has 1 aliphatic rings. The molecule has 0 spiro atoms. The van der Waals surface area contributed by atoms with Gasteiger partial charge in [-0.25, -0.2) is 4.90 Å². The number of rotatable bonds is 3. The van der Waals surface area contributed by atoms with E-state index in [2.05, 4.69) is 4.98 Å². The average Bonchev–Trinajstić information content (AvgIpc) is 2.89. The Morgan fingerprint density at radius 3 is 2.61 bits per heavy atom. The predicted molar refractivity (Wildman–Crippen MR) is 99.2 cm³/mol. The Kier molecular flexibility index (Phi) is 4.90. The third-order valence-electron chi connectivity index (χ3n) is 4.15. The predicted octanol–water partition coefficient (Wildman–Crippen LogP) is 4.09. The highest BCUT2D eigenvalue weighted by Gasteiger charge is 2.42. The first-order valence-corrected chi connectivity index (χ1v) is 8.34. The Morgan fingerprint density at radius 2 is 2.00 bits per heavy atom. The van der Waals surface area contributed by atoms with Crippen LogP contribution in [0.15, 0.2) is 48.7 Å². The van der Waals surface area contributed by atoms with Crippen LogP contribution in [0.3, 0.4) is 0 Å². The Morgan fingerprint density at radius 1 is 1.29 bits per heavy atom. The Labute approximate surface area is 163 Å². The van der Waals surface area contributed by atoms with E-state index >= 15 is 0 Å². The Balaban J connectivity index is 2.15. The number of benzene rings is 1. The summed E-state index contributed by atoms with van der Waals surface area (Å²) in [6.07, 6.45) is -0.545. The van der Waals surface area contributed by atoms with Crippen molar-refractivity contribution in [3.05, 3.63) is 59.9 Å². The van der Waals surface area contributed by atoms with Gasteiger partial charge in [-0.3, -0.25) is 21.5 Å². The summed E-state index contributed by atoms with van der Waals surface area (Å²) in [5, 5.41) is 14.8. The van der Waals surface area contributed by atoms with Crippen molar-refractivity contribution in [3.63, 3.8) is 0 Å². The molecular formula is C18H15ClF3N5O. The summed E-state index contributed by atoms with van der Waals surface area (Å²) in [5.74, 6) is -2.34. The summed E-state index contributed by atoms with van der Waals surface area (Å²) in [7, 11) is 0. The minimum absolute atomic E-state index is 0.185. The number of hydrogen-bond acceptors (Lipinski definition) is 5. The van der Waals surface area contributed by atoms with Crippen LogP contribution in [0.5, 0.6) is 5.75 Å². The molecule has 0 unspecified atom stereocenters. The van der Waals surface area contributed by atoms with Crippen molar-refractivity contribution in [2.24, 2.45) is 5.73 Å². The number of aryl methyl sites for hydroxylation is 1. The molecule has 1 aromatic heterocycles. The van der Waals surface area contributed by atoms with Gasteiger partial charge in [0.05, 0.1) is 5.56 Å². The van der Waals surface area contributed by atoms with Crippen molar-refractivity contribution in [2.45, 2.75) is 18.9 Å². The van der Waals surface area contributed by atoms with Gasteiger partial charge < -0.3 is 4.74 Å². The number of nitrogens with zero attached hydrogens (tertiary/aromatic N) is 2. The van der Waals surface area contributed by atoms with E-state index in [1.807, 2.05) is 0 Å². The van der Waals surface area contributed by atoms with E-state index in [1.165, 1.54) is 18.2 Å². The van der Waals surface area contributed by atoms with Gasteiger partial charge in [0.2, 0.25) is 5.29 Å². The largest absolute Gasteiger partial charge is 0.450 e. The van der Waals surface area contributed by atoms with Gasteiger partial charge in [0, 0.05) is 29.1 Å². The molecule has 0 aliphatic carbocycles. The van der Waals surface area contributed by atoms with Crippen LogP contribution in [0.2, 0.25) is 0 Å². The third-order valence-corrected chi connectivity index (χ3v) is 4.32. The number of nitrogens with one attached hydrogen (secondary N) is 2. The molecule has 28 heavy (non-hydrogen) atoms. The summed E-state index contributed by atoms with van der Waals surface area (Å²) < 4.78 is 45.4. The zero-order chi connectivity index (χ0) is 20.7. The third kappa shape index (κ3) is 3.58. The fourth-order valence-corrected chi connectivity index (χ4v) is 3.05. The topological polar surface area (TPSA) is 99.1 Å². The second-order valence-electron chi connectivity index (χ2n) is 6.04. The van der Waals surface area contributed by atoms with Crippen LogP contribution in [-0.2, 0) is 6.18 Å². The minimum Gasteiger partial charge on any atom is -0.450 e. The lowest BCUT2D eigenvalue weighted by atomic mass is 10.0. The number of ether oxygens (including phenoxy) is 1. The Bertz CT molecular complexity index is 991. The second-order valence-corrected chi connectivity index (χ2v) is 6.40. The number of nitrogens with two attached hydrogens (primary N) is 1. The summed E-state index contributed by atoms with van der Waals surface area (Å²) in [6, 6.07) is 6.36. The van der Waals surface area contributed by atoms with E-state index in [9.17, 15) is 13.2 Å². The van der Waals surface area contributed by atoms with Crippen LogP contribution < -0.4 is 10.5 Å². The lowest BCUT2D eigenvalue weighted by Gasteiger charge is -2.34. The van der Waals surface area contributed by atoms with Crippen LogP contribution >= 0.6 is 11.6 Å². The smallest absolute Gasteiger partial charge is 0.416 e. The van der Waals surface area contributed by atoms with Gasteiger partial charge in [-0.2, -0.15) is 13.2 Å². The molecule has 146 valence electrons. The number of alkyl halides is 3. The van der Waals surface area contributed by atoms with E-state index in [-0.39, 0.29) is 11.6 Å². The van der Waals surface area contributed by atoms with Crippen molar-refractivity contribution in [1.82, 2.24) is 9.88 Å². The summed E-state index contributed by atoms with van der Waals surface area (Å²) in [6.45, 7) is 1.71. The van der Waals surface area contributed by atoms with Crippen molar-refractivity contribution >= 4 is 22.7 Å². The first kappa shape index (κ1) is 19.8. The molecule has 10 heteroatoms. The summed E-state index contributed by atoms with van der Waals surface area (Å²) >= 11 is 5.69. The van der Waals surface area contributed by atoms with Crippen LogP contribution in [-0.4, -0.2) is 26.9 Å². The highest BCUT2D eigenvalue weighted by molar-refractivity contribution is 6.65. The molecule has 0 bridgehead atoms. The maximum Gasteiger partial charge on any atom is 0.416 e. The lowest BCUT2D eigenvalue weighted by Crippen LogP contribution is -2.58. The molecular weight excluding hydrogens is 395 g/mol. The van der Waals surface area contributed by atoms with Crippen molar-refractivity contribution < 1.29 is 17.9 Å². The van der Waals surface area contributed by atoms with Gasteiger partial charge in [-0.1, -0.05) is 6.07 Å². The molecule has 0 saturated heterocycles. The molecule has 1 atom stereocenters. The highest BCUT2D eigenvalue weighted by atomic mass is 35.5. The van der Waals surface area contributed by atoms with Crippen LogP contribution in [0, 0.1) is 17.7 Å². The first-order valence-electron chi connectivity index (χ1n) is 7.96. The van der Waals surface area contributed by atoms with Gasteiger partial charge in [0.25, 0.3) is 5.85 Å². The SMILES string of the molecule is Cc1ncccc1-c1ccc(C(F)(F)F)cc1O[C@@]1(N)C=CC(=N)N1C(=N)Cl. The molecule has 1 aliphatic heterocycles. The van der Waals surface area contributed by atoms with Crippen molar-refractivity contribution in [2.75, 3.05) is 0 Å². The maximum absolute atomic E-state index is 13.2. The molecule has 0 radical (unpaired) electrons. The molecule has 0 fully saturated rings. The maximum atomic E-state index is 13.2.